The number of hydrogen-bond donors (Lipinski definition) is 2. The lowest BCUT2D eigenvalue weighted by Gasteiger charge is -2.44. The number of amides is 3. The van der Waals surface area contributed by atoms with Crippen LogP contribution in [0.5, 0.6) is 0 Å². The van der Waals surface area contributed by atoms with Crippen molar-refractivity contribution in [3.8, 4) is 0 Å². The van der Waals surface area contributed by atoms with E-state index in [4.69, 9.17) is 4.74 Å². The molecular formula is C23H25N3O4. The van der Waals surface area contributed by atoms with Crippen molar-refractivity contribution in [1.82, 2.24) is 10.2 Å². The first-order valence-electron chi connectivity index (χ1n) is 10.1. The summed E-state index contributed by atoms with van der Waals surface area (Å²) in [6.45, 7) is 1.56. The third kappa shape index (κ3) is 3.80. The molecule has 2 aliphatic rings. The summed E-state index contributed by atoms with van der Waals surface area (Å²) in [6.07, 6.45) is 1.44. The number of fused-ring (bicyclic) bond motifs is 1. The van der Waals surface area contributed by atoms with Gasteiger partial charge >= 0.3 is 0 Å². The molecule has 3 amide bonds. The second-order valence-electron chi connectivity index (χ2n) is 7.77. The minimum absolute atomic E-state index is 0.0183. The van der Waals surface area contributed by atoms with Gasteiger partial charge in [-0.15, -0.1) is 0 Å². The summed E-state index contributed by atoms with van der Waals surface area (Å²) in [5.41, 5.74) is 2.29. The van der Waals surface area contributed by atoms with Crippen LogP contribution in [0.4, 0.5) is 5.69 Å². The first-order valence-corrected chi connectivity index (χ1v) is 10.1. The molecule has 2 aromatic rings. The van der Waals surface area contributed by atoms with Gasteiger partial charge in [-0.1, -0.05) is 18.2 Å². The monoisotopic (exact) mass is 407 g/mol. The van der Waals surface area contributed by atoms with Gasteiger partial charge in [0.1, 0.15) is 0 Å². The van der Waals surface area contributed by atoms with Crippen LogP contribution in [0.15, 0.2) is 48.5 Å². The molecule has 30 heavy (non-hydrogen) atoms. The Hall–Kier alpha value is -3.19. The van der Waals surface area contributed by atoms with Crippen LogP contribution in [0.3, 0.4) is 0 Å². The highest BCUT2D eigenvalue weighted by molar-refractivity contribution is 6.00. The number of hydrogen-bond acceptors (Lipinski definition) is 4. The van der Waals surface area contributed by atoms with Crippen molar-refractivity contribution in [3.05, 3.63) is 65.2 Å². The lowest BCUT2D eigenvalue weighted by molar-refractivity contribution is -0.120. The summed E-state index contributed by atoms with van der Waals surface area (Å²) >= 11 is 0. The van der Waals surface area contributed by atoms with Gasteiger partial charge in [-0.05, 0) is 48.7 Å². The first-order chi connectivity index (χ1) is 14.5. The molecule has 7 nitrogen and oxygen atoms in total. The zero-order valence-corrected chi connectivity index (χ0v) is 16.9. The smallest absolute Gasteiger partial charge is 0.254 e. The molecule has 2 aliphatic heterocycles. The molecule has 156 valence electrons. The molecule has 4 rings (SSSR count). The number of ether oxygens (including phenoxy) is 1. The lowest BCUT2D eigenvalue weighted by Crippen LogP contribution is -2.54. The van der Waals surface area contributed by atoms with Crippen molar-refractivity contribution in [3.63, 3.8) is 0 Å². The minimum Gasteiger partial charge on any atom is -0.381 e. The predicted octanol–water partition coefficient (Wildman–Crippen LogP) is 2.58. The number of carbonyl (C=O) groups is 3. The molecule has 1 saturated heterocycles. The fraction of sp³-hybridized carbons (Fsp3) is 0.348. The van der Waals surface area contributed by atoms with Gasteiger partial charge in [0.2, 0.25) is 5.91 Å². The molecule has 1 fully saturated rings. The Bertz CT molecular complexity index is 965. The molecule has 0 saturated carbocycles. The van der Waals surface area contributed by atoms with Crippen LogP contribution in [0.25, 0.3) is 0 Å². The average Bonchev–Trinajstić information content (AvgIpc) is 3.12. The summed E-state index contributed by atoms with van der Waals surface area (Å²) < 4.78 is 5.54. The Balaban J connectivity index is 1.50. The van der Waals surface area contributed by atoms with Gasteiger partial charge in [0.15, 0.2) is 0 Å². The van der Waals surface area contributed by atoms with E-state index in [-0.39, 0.29) is 24.1 Å². The third-order valence-electron chi connectivity index (χ3n) is 5.96. The molecule has 2 heterocycles. The Morgan fingerprint density at radius 1 is 1.07 bits per heavy atom. The maximum Gasteiger partial charge on any atom is 0.254 e. The van der Waals surface area contributed by atoms with Crippen LogP contribution in [0.1, 0.15) is 45.5 Å². The summed E-state index contributed by atoms with van der Waals surface area (Å²) in [5, 5.41) is 5.48. The van der Waals surface area contributed by atoms with E-state index >= 15 is 0 Å². The minimum atomic E-state index is -0.569. The highest BCUT2D eigenvalue weighted by Gasteiger charge is 2.46. The molecule has 0 aliphatic carbocycles. The standard InChI is InChI=1S/C23H25N3O4/c1-24-21(28)16-6-8-18(9-7-16)25-20(27)14-23(10-12-30-13-11-23)26-15-17-4-2-3-5-19(17)22(26)29/h2-9H,10-15H2,1H3,(H,24,28)(H,25,27). The van der Waals surface area contributed by atoms with E-state index in [2.05, 4.69) is 10.6 Å². The summed E-state index contributed by atoms with van der Waals surface area (Å²) in [6, 6.07) is 14.4. The van der Waals surface area contributed by atoms with Crippen LogP contribution in [0, 0.1) is 0 Å². The van der Waals surface area contributed by atoms with E-state index in [0.29, 0.717) is 49.4 Å². The SMILES string of the molecule is CNC(=O)c1ccc(NC(=O)CC2(N3Cc4ccccc4C3=O)CCOCC2)cc1. The van der Waals surface area contributed by atoms with E-state index < -0.39 is 5.54 Å². The summed E-state index contributed by atoms with van der Waals surface area (Å²) in [4.78, 5) is 39.5. The fourth-order valence-electron chi connectivity index (χ4n) is 4.28. The van der Waals surface area contributed by atoms with Crippen LogP contribution >= 0.6 is 0 Å². The zero-order valence-electron chi connectivity index (χ0n) is 16.9. The molecule has 0 spiro atoms. The quantitative estimate of drug-likeness (QED) is 0.798. The van der Waals surface area contributed by atoms with E-state index in [1.54, 1.807) is 31.3 Å². The van der Waals surface area contributed by atoms with Crippen LogP contribution in [0.2, 0.25) is 0 Å². The van der Waals surface area contributed by atoms with E-state index in [0.717, 1.165) is 5.56 Å². The van der Waals surface area contributed by atoms with Crippen molar-refractivity contribution in [2.24, 2.45) is 0 Å². The molecule has 0 bridgehead atoms. The fourth-order valence-corrected chi connectivity index (χ4v) is 4.28. The van der Waals surface area contributed by atoms with Crippen molar-refractivity contribution in [1.29, 1.82) is 0 Å². The molecule has 7 heteroatoms. The highest BCUT2D eigenvalue weighted by Crippen LogP contribution is 2.38. The Labute approximate surface area is 175 Å². The number of anilines is 1. The average molecular weight is 407 g/mol. The van der Waals surface area contributed by atoms with Crippen molar-refractivity contribution >= 4 is 23.4 Å². The number of benzene rings is 2. The molecule has 0 atom stereocenters. The van der Waals surface area contributed by atoms with E-state index in [1.807, 2.05) is 29.2 Å². The van der Waals surface area contributed by atoms with Gasteiger partial charge in [0, 0.05) is 43.6 Å². The van der Waals surface area contributed by atoms with Crippen LogP contribution in [-0.2, 0) is 16.1 Å². The van der Waals surface area contributed by atoms with Crippen molar-refractivity contribution in [2.75, 3.05) is 25.6 Å². The third-order valence-corrected chi connectivity index (χ3v) is 5.96. The Morgan fingerprint density at radius 2 is 1.77 bits per heavy atom. The summed E-state index contributed by atoms with van der Waals surface area (Å²) in [5.74, 6) is -0.357. The first kappa shape index (κ1) is 20.1. The van der Waals surface area contributed by atoms with Crippen LogP contribution < -0.4 is 10.6 Å². The van der Waals surface area contributed by atoms with Gasteiger partial charge in [-0.25, -0.2) is 0 Å². The van der Waals surface area contributed by atoms with Gasteiger partial charge in [-0.3, -0.25) is 14.4 Å². The second kappa shape index (κ2) is 8.28. The molecule has 2 N–H and O–H groups in total. The normalized spacial score (nSPS) is 17.4. The number of nitrogens with one attached hydrogen (secondary N) is 2. The second-order valence-corrected chi connectivity index (χ2v) is 7.77. The largest absolute Gasteiger partial charge is 0.381 e. The molecule has 0 radical (unpaired) electrons. The number of nitrogens with zero attached hydrogens (tertiary/aromatic N) is 1. The Kier molecular flexibility index (Phi) is 5.55. The lowest BCUT2D eigenvalue weighted by atomic mass is 9.84. The van der Waals surface area contributed by atoms with Crippen LogP contribution in [-0.4, -0.2) is 48.4 Å². The van der Waals surface area contributed by atoms with Crippen molar-refractivity contribution in [2.45, 2.75) is 31.3 Å². The topological polar surface area (TPSA) is 87.7 Å². The number of carbonyl (C=O) groups excluding carboxylic acids is 3. The van der Waals surface area contributed by atoms with Gasteiger partial charge in [0.25, 0.3) is 11.8 Å². The molecule has 2 aromatic carbocycles. The molecular weight excluding hydrogens is 382 g/mol. The summed E-state index contributed by atoms with van der Waals surface area (Å²) in [7, 11) is 1.57. The maximum atomic E-state index is 13.1. The van der Waals surface area contributed by atoms with Crippen molar-refractivity contribution < 1.29 is 19.1 Å². The van der Waals surface area contributed by atoms with E-state index in [9.17, 15) is 14.4 Å². The number of rotatable bonds is 5. The van der Waals surface area contributed by atoms with Gasteiger partial charge in [-0.2, -0.15) is 0 Å². The van der Waals surface area contributed by atoms with Gasteiger partial charge < -0.3 is 20.3 Å². The zero-order chi connectivity index (χ0) is 21.1. The highest BCUT2D eigenvalue weighted by atomic mass is 16.5. The van der Waals surface area contributed by atoms with Gasteiger partial charge in [0.05, 0.1) is 12.0 Å². The van der Waals surface area contributed by atoms with E-state index in [1.165, 1.54) is 0 Å². The molecule has 0 aromatic heterocycles. The Morgan fingerprint density at radius 3 is 2.43 bits per heavy atom. The molecule has 0 unspecified atom stereocenters. The maximum absolute atomic E-state index is 13.1. The predicted molar refractivity (Wildman–Crippen MR) is 112 cm³/mol.